The molecule has 226 valence electrons. The van der Waals surface area contributed by atoms with E-state index in [2.05, 4.69) is 10.6 Å². The van der Waals surface area contributed by atoms with E-state index in [4.69, 9.17) is 19.3 Å². The zero-order chi connectivity index (χ0) is 30.6. The normalized spacial score (nSPS) is 15.6. The second-order valence-corrected chi connectivity index (χ2v) is 9.98. The molecule has 2 aromatic carbocycles. The molecule has 0 amide bonds. The lowest BCUT2D eigenvalue weighted by atomic mass is 9.80. The van der Waals surface area contributed by atoms with Gasteiger partial charge in [-0.25, -0.2) is 9.59 Å². The van der Waals surface area contributed by atoms with E-state index in [1.165, 1.54) is 18.2 Å². The molecule has 0 fully saturated rings. The van der Waals surface area contributed by atoms with Crippen molar-refractivity contribution in [2.75, 3.05) is 33.0 Å². The average molecular weight is 582 g/mol. The molecule has 0 spiro atoms. The fourth-order valence-electron chi connectivity index (χ4n) is 4.66. The maximum Gasteiger partial charge on any atom is 0.336 e. The fourth-order valence-corrected chi connectivity index (χ4v) is 4.66. The molecule has 3 rings (SSSR count). The van der Waals surface area contributed by atoms with Crippen LogP contribution in [0.25, 0.3) is 0 Å². The number of nitrogens with zero attached hydrogens (tertiary/aromatic N) is 1. The van der Waals surface area contributed by atoms with Crippen molar-refractivity contribution >= 4 is 17.6 Å². The first-order chi connectivity index (χ1) is 20.2. The van der Waals surface area contributed by atoms with E-state index in [1.54, 1.807) is 26.8 Å². The Labute approximate surface area is 245 Å². The Bertz CT molecular complexity index is 1320. The quantitative estimate of drug-likeness (QED) is 0.122. The summed E-state index contributed by atoms with van der Waals surface area (Å²) in [5.74, 6) is -1.42. The van der Waals surface area contributed by atoms with Gasteiger partial charge in [0.1, 0.15) is 5.75 Å². The van der Waals surface area contributed by atoms with Crippen molar-refractivity contribution in [1.82, 2.24) is 10.6 Å². The van der Waals surface area contributed by atoms with E-state index in [0.29, 0.717) is 30.0 Å². The second kappa shape index (κ2) is 15.7. The number of esters is 2. The van der Waals surface area contributed by atoms with Gasteiger partial charge >= 0.3 is 11.9 Å². The van der Waals surface area contributed by atoms with Crippen LogP contribution in [0.5, 0.6) is 5.75 Å². The summed E-state index contributed by atoms with van der Waals surface area (Å²) in [6.45, 7) is 8.59. The Hall–Kier alpha value is -4.22. The number of nitro groups is 1. The number of ether oxygens (including phenoxy) is 3. The van der Waals surface area contributed by atoms with Crippen LogP contribution in [0, 0.1) is 10.1 Å². The molecule has 11 nitrogen and oxygen atoms in total. The van der Waals surface area contributed by atoms with Gasteiger partial charge in [-0.15, -0.1) is 0 Å². The number of allylic oxidation sites excluding steroid dienone is 2. The van der Waals surface area contributed by atoms with Crippen LogP contribution in [0.15, 0.2) is 71.1 Å². The summed E-state index contributed by atoms with van der Waals surface area (Å²) in [6, 6.07) is 13.5. The Kier molecular flexibility index (Phi) is 12.1. The van der Waals surface area contributed by atoms with Gasteiger partial charge in [-0.2, -0.15) is 0 Å². The van der Waals surface area contributed by atoms with Crippen molar-refractivity contribution < 1.29 is 33.8 Å². The van der Waals surface area contributed by atoms with Gasteiger partial charge in [-0.05, 0) is 63.9 Å². The summed E-state index contributed by atoms with van der Waals surface area (Å²) in [4.78, 5) is 37.4. The first kappa shape index (κ1) is 32.3. The number of dihydropyridines is 1. The molecule has 0 radical (unpaired) electrons. The molecule has 0 saturated carbocycles. The molecule has 2 aromatic rings. The van der Waals surface area contributed by atoms with Gasteiger partial charge in [0.25, 0.3) is 5.69 Å². The molecule has 2 atom stereocenters. The largest absolute Gasteiger partial charge is 0.494 e. The minimum Gasteiger partial charge on any atom is -0.494 e. The summed E-state index contributed by atoms with van der Waals surface area (Å²) in [5.41, 5.74) is 2.58. The van der Waals surface area contributed by atoms with E-state index in [1.807, 2.05) is 31.2 Å². The molecule has 0 aliphatic carbocycles. The third kappa shape index (κ3) is 8.64. The van der Waals surface area contributed by atoms with E-state index in [0.717, 1.165) is 24.3 Å². The van der Waals surface area contributed by atoms with E-state index >= 15 is 0 Å². The van der Waals surface area contributed by atoms with Crippen molar-refractivity contribution in [3.63, 3.8) is 0 Å². The van der Waals surface area contributed by atoms with Crippen molar-refractivity contribution in [3.05, 3.63) is 92.3 Å². The maximum atomic E-state index is 13.5. The van der Waals surface area contributed by atoms with Gasteiger partial charge in [0.15, 0.2) is 0 Å². The van der Waals surface area contributed by atoms with Gasteiger partial charge in [-0.1, -0.05) is 24.3 Å². The Morgan fingerprint density at radius 2 is 1.71 bits per heavy atom. The van der Waals surface area contributed by atoms with Gasteiger partial charge in [0.05, 0.1) is 48.4 Å². The minimum absolute atomic E-state index is 0.0545. The zero-order valence-electron chi connectivity index (χ0n) is 24.5. The lowest BCUT2D eigenvalue weighted by Gasteiger charge is -2.30. The summed E-state index contributed by atoms with van der Waals surface area (Å²) in [6.07, 6.45) is 1.26. The van der Waals surface area contributed by atoms with Crippen molar-refractivity contribution in [2.45, 2.75) is 52.5 Å². The highest BCUT2D eigenvalue weighted by atomic mass is 16.6. The molecule has 2 unspecified atom stereocenters. The first-order valence-electron chi connectivity index (χ1n) is 14.0. The third-order valence-electron chi connectivity index (χ3n) is 6.79. The standard InChI is InChI=1S/C31H39N3O8/c1-5-40-30(36)27-21(3)33-22(4)28(29(27)24-8-6-9-25(18-24)34(38)39)31(37)42-17-14-23-10-12-26(13-11-23)41-16-7-15-32-20(2)19-35/h6,8-13,18,20,29,32-33,35H,5,7,14-17,19H2,1-4H3. The summed E-state index contributed by atoms with van der Waals surface area (Å²) in [7, 11) is 0. The number of nitrogens with one attached hydrogen (secondary N) is 2. The Balaban J connectivity index is 1.68. The van der Waals surface area contributed by atoms with E-state index < -0.39 is 22.8 Å². The molecule has 1 heterocycles. The van der Waals surface area contributed by atoms with Crippen LogP contribution in [-0.4, -0.2) is 61.0 Å². The van der Waals surface area contributed by atoms with Crippen molar-refractivity contribution in [2.24, 2.45) is 0 Å². The molecule has 1 aliphatic heterocycles. The van der Waals surface area contributed by atoms with Crippen LogP contribution >= 0.6 is 0 Å². The van der Waals surface area contributed by atoms with Crippen LogP contribution in [0.4, 0.5) is 5.69 Å². The van der Waals surface area contributed by atoms with Crippen LogP contribution in [-0.2, 0) is 25.5 Å². The van der Waals surface area contributed by atoms with Crippen LogP contribution < -0.4 is 15.4 Å². The number of carbonyl (C=O) groups excluding carboxylic acids is 2. The molecule has 0 saturated heterocycles. The number of aliphatic hydroxyl groups is 1. The molecule has 0 aromatic heterocycles. The van der Waals surface area contributed by atoms with E-state index in [-0.39, 0.29) is 42.7 Å². The number of carbonyl (C=O) groups is 2. The monoisotopic (exact) mass is 581 g/mol. The zero-order valence-corrected chi connectivity index (χ0v) is 24.5. The Morgan fingerprint density at radius 3 is 2.33 bits per heavy atom. The topological polar surface area (TPSA) is 149 Å². The highest BCUT2D eigenvalue weighted by Gasteiger charge is 2.38. The van der Waals surface area contributed by atoms with Crippen LogP contribution in [0.1, 0.15) is 51.2 Å². The molecule has 11 heteroatoms. The lowest BCUT2D eigenvalue weighted by Crippen LogP contribution is -2.32. The fraction of sp³-hybridized carbons (Fsp3) is 0.419. The van der Waals surface area contributed by atoms with Crippen LogP contribution in [0.3, 0.4) is 0 Å². The number of rotatable bonds is 15. The smallest absolute Gasteiger partial charge is 0.336 e. The predicted octanol–water partition coefficient (Wildman–Crippen LogP) is 3.92. The number of non-ortho nitro benzene ring substituents is 1. The van der Waals surface area contributed by atoms with Gasteiger partial charge in [-0.3, -0.25) is 10.1 Å². The summed E-state index contributed by atoms with van der Waals surface area (Å²) in [5, 5.41) is 26.8. The molecule has 0 bridgehead atoms. The molecular weight excluding hydrogens is 542 g/mol. The third-order valence-corrected chi connectivity index (χ3v) is 6.79. The van der Waals surface area contributed by atoms with E-state index in [9.17, 15) is 19.7 Å². The summed E-state index contributed by atoms with van der Waals surface area (Å²) < 4.78 is 16.7. The molecular formula is C31H39N3O8. The van der Waals surface area contributed by atoms with Gasteiger partial charge in [0, 0.05) is 36.0 Å². The number of aliphatic hydroxyl groups excluding tert-OH is 1. The molecule has 42 heavy (non-hydrogen) atoms. The number of nitro benzene ring substituents is 1. The first-order valence-corrected chi connectivity index (χ1v) is 14.0. The van der Waals surface area contributed by atoms with Crippen molar-refractivity contribution in [3.8, 4) is 5.75 Å². The van der Waals surface area contributed by atoms with Gasteiger partial charge in [0.2, 0.25) is 0 Å². The summed E-state index contributed by atoms with van der Waals surface area (Å²) >= 11 is 0. The van der Waals surface area contributed by atoms with Crippen molar-refractivity contribution in [1.29, 1.82) is 0 Å². The highest BCUT2D eigenvalue weighted by Crippen LogP contribution is 2.40. The number of hydrogen-bond acceptors (Lipinski definition) is 10. The Morgan fingerprint density at radius 1 is 1.05 bits per heavy atom. The number of hydrogen-bond donors (Lipinski definition) is 3. The van der Waals surface area contributed by atoms with Gasteiger partial charge < -0.3 is 30.0 Å². The molecule has 3 N–H and O–H groups in total. The number of benzene rings is 2. The average Bonchev–Trinajstić information content (AvgIpc) is 2.97. The highest BCUT2D eigenvalue weighted by molar-refractivity contribution is 6.00. The lowest BCUT2D eigenvalue weighted by molar-refractivity contribution is -0.384. The second-order valence-electron chi connectivity index (χ2n) is 9.98. The van der Waals surface area contributed by atoms with Crippen LogP contribution in [0.2, 0.25) is 0 Å². The minimum atomic E-state index is -0.906. The predicted molar refractivity (Wildman–Crippen MR) is 157 cm³/mol. The SMILES string of the molecule is CCOC(=O)C1=C(C)NC(C)=C(C(=O)OCCc2ccc(OCCCNC(C)CO)cc2)C1c1cccc([N+](=O)[O-])c1. The maximum absolute atomic E-state index is 13.5. The molecule has 1 aliphatic rings.